The van der Waals surface area contributed by atoms with E-state index in [4.69, 9.17) is 16.3 Å². The maximum absolute atomic E-state index is 11.4. The zero-order valence-electron chi connectivity index (χ0n) is 10.6. The molecule has 0 bridgehead atoms. The minimum atomic E-state index is -0.228. The van der Waals surface area contributed by atoms with Crippen LogP contribution in [0.1, 0.15) is 39.2 Å². The second-order valence-corrected chi connectivity index (χ2v) is 5.42. The number of rotatable bonds is 4. The van der Waals surface area contributed by atoms with Gasteiger partial charge < -0.3 is 4.74 Å². The summed E-state index contributed by atoms with van der Waals surface area (Å²) in [6, 6.07) is 7.65. The lowest BCUT2D eigenvalue weighted by atomic mass is 9.87. The summed E-state index contributed by atoms with van der Waals surface area (Å²) in [5.74, 6) is 0.852. The second kappa shape index (κ2) is 6.06. The highest BCUT2D eigenvalue weighted by Crippen LogP contribution is 2.24. The highest BCUT2D eigenvalue weighted by Gasteiger charge is 2.13. The van der Waals surface area contributed by atoms with Gasteiger partial charge in [-0.25, -0.2) is 0 Å². The zero-order valence-corrected chi connectivity index (χ0v) is 11.4. The van der Waals surface area contributed by atoms with Crippen LogP contribution < -0.4 is 4.74 Å². The van der Waals surface area contributed by atoms with Gasteiger partial charge >= 0.3 is 5.97 Å². The van der Waals surface area contributed by atoms with Crippen LogP contribution in [0.25, 0.3) is 0 Å². The van der Waals surface area contributed by atoms with Crippen LogP contribution in [0.15, 0.2) is 24.3 Å². The summed E-state index contributed by atoms with van der Waals surface area (Å²) < 4.78 is 5.19. The number of carbonyl (C=O) groups excluding carboxylic acids is 1. The van der Waals surface area contributed by atoms with Crippen molar-refractivity contribution in [2.24, 2.45) is 0 Å². The highest BCUT2D eigenvalue weighted by atomic mass is 35.5. The fourth-order valence-electron chi connectivity index (χ4n) is 1.42. The third-order valence-electron chi connectivity index (χ3n) is 2.47. The predicted molar refractivity (Wildman–Crippen MR) is 70.7 cm³/mol. The molecule has 0 N–H and O–H groups in total. The molecule has 0 amide bonds. The summed E-state index contributed by atoms with van der Waals surface area (Å²) in [7, 11) is 0. The lowest BCUT2D eigenvalue weighted by Crippen LogP contribution is -2.11. The third kappa shape index (κ3) is 4.78. The van der Waals surface area contributed by atoms with E-state index in [1.54, 1.807) is 0 Å². The molecular formula is C14H19ClO2. The van der Waals surface area contributed by atoms with Crippen LogP contribution in [0.2, 0.25) is 0 Å². The number of halogens is 1. The third-order valence-corrected chi connectivity index (χ3v) is 2.73. The molecule has 0 aliphatic heterocycles. The Hall–Kier alpha value is -1.02. The van der Waals surface area contributed by atoms with E-state index in [1.807, 2.05) is 24.3 Å². The van der Waals surface area contributed by atoms with E-state index in [-0.39, 0.29) is 11.4 Å². The molecule has 3 heteroatoms. The molecule has 1 aromatic rings. The Balaban J connectivity index is 2.60. The van der Waals surface area contributed by atoms with Gasteiger partial charge in [0.1, 0.15) is 5.75 Å². The van der Waals surface area contributed by atoms with Crippen LogP contribution in [0.5, 0.6) is 5.75 Å². The van der Waals surface area contributed by atoms with Gasteiger partial charge in [0, 0.05) is 12.3 Å². The topological polar surface area (TPSA) is 26.3 Å². The average Bonchev–Trinajstić information content (AvgIpc) is 2.26. The minimum absolute atomic E-state index is 0.112. The van der Waals surface area contributed by atoms with Gasteiger partial charge in [-0.15, -0.1) is 11.6 Å². The first-order valence-electron chi connectivity index (χ1n) is 5.80. The monoisotopic (exact) mass is 254 g/mol. The van der Waals surface area contributed by atoms with Crippen molar-refractivity contribution in [2.75, 3.05) is 5.88 Å². The Morgan fingerprint density at radius 3 is 2.29 bits per heavy atom. The van der Waals surface area contributed by atoms with Crippen molar-refractivity contribution in [3.8, 4) is 5.75 Å². The normalized spacial score (nSPS) is 11.3. The summed E-state index contributed by atoms with van der Waals surface area (Å²) in [4.78, 5) is 11.4. The van der Waals surface area contributed by atoms with Gasteiger partial charge in [-0.2, -0.15) is 0 Å². The first kappa shape index (κ1) is 14.0. The molecule has 0 atom stereocenters. The number of ether oxygens (including phenoxy) is 1. The molecule has 0 saturated carbocycles. The molecular weight excluding hydrogens is 236 g/mol. The van der Waals surface area contributed by atoms with Crippen LogP contribution in [0, 0.1) is 0 Å². The molecule has 0 aliphatic rings. The van der Waals surface area contributed by atoms with Crippen LogP contribution in [-0.4, -0.2) is 11.8 Å². The van der Waals surface area contributed by atoms with Crippen molar-refractivity contribution < 1.29 is 9.53 Å². The first-order valence-corrected chi connectivity index (χ1v) is 6.34. The van der Waals surface area contributed by atoms with Crippen molar-refractivity contribution in [1.29, 1.82) is 0 Å². The molecule has 1 aromatic carbocycles. The maximum Gasteiger partial charge on any atom is 0.311 e. The van der Waals surface area contributed by atoms with Crippen molar-refractivity contribution >= 4 is 17.6 Å². The quantitative estimate of drug-likeness (QED) is 0.463. The Kier molecular flexibility index (Phi) is 5.01. The van der Waals surface area contributed by atoms with Crippen molar-refractivity contribution in [3.05, 3.63) is 29.8 Å². The summed E-state index contributed by atoms with van der Waals surface area (Å²) in [5.41, 5.74) is 1.33. The minimum Gasteiger partial charge on any atom is -0.427 e. The van der Waals surface area contributed by atoms with Gasteiger partial charge in [-0.05, 0) is 29.5 Å². The number of esters is 1. The summed E-state index contributed by atoms with van der Waals surface area (Å²) in [6.07, 6.45) is 1.02. The maximum atomic E-state index is 11.4. The second-order valence-electron chi connectivity index (χ2n) is 5.04. The Morgan fingerprint density at radius 1 is 1.24 bits per heavy atom. The van der Waals surface area contributed by atoms with E-state index in [2.05, 4.69) is 20.8 Å². The predicted octanol–water partition coefficient (Wildman–Crippen LogP) is 3.91. The van der Waals surface area contributed by atoms with Crippen molar-refractivity contribution in [1.82, 2.24) is 0 Å². The molecule has 0 fully saturated rings. The molecule has 0 spiro atoms. The number of hydrogen-bond acceptors (Lipinski definition) is 2. The standard InChI is InChI=1S/C14H19ClO2/c1-14(2,3)11-6-8-12(9-7-11)17-13(16)5-4-10-15/h6-9H,4-5,10H2,1-3H3. The van der Waals surface area contributed by atoms with E-state index in [9.17, 15) is 4.79 Å². The van der Waals surface area contributed by atoms with E-state index >= 15 is 0 Å². The Labute approximate surface area is 108 Å². The van der Waals surface area contributed by atoms with Crippen molar-refractivity contribution in [3.63, 3.8) is 0 Å². The molecule has 0 aliphatic carbocycles. The average molecular weight is 255 g/mol. The van der Waals surface area contributed by atoms with Crippen LogP contribution in [-0.2, 0) is 10.2 Å². The van der Waals surface area contributed by atoms with E-state index < -0.39 is 0 Å². The molecule has 0 unspecified atom stereocenters. The molecule has 17 heavy (non-hydrogen) atoms. The summed E-state index contributed by atoms with van der Waals surface area (Å²) in [6.45, 7) is 6.44. The van der Waals surface area contributed by atoms with Gasteiger partial charge in [0.05, 0.1) is 0 Å². The van der Waals surface area contributed by atoms with Crippen molar-refractivity contribution in [2.45, 2.75) is 39.0 Å². The lowest BCUT2D eigenvalue weighted by Gasteiger charge is -2.18. The molecule has 0 heterocycles. The van der Waals surface area contributed by atoms with Gasteiger partial charge in [0.15, 0.2) is 0 Å². The first-order chi connectivity index (χ1) is 7.93. The Morgan fingerprint density at radius 2 is 1.82 bits per heavy atom. The van der Waals surface area contributed by atoms with Crippen LogP contribution in [0.4, 0.5) is 0 Å². The number of carbonyl (C=O) groups is 1. The van der Waals surface area contributed by atoms with Gasteiger partial charge in [-0.1, -0.05) is 32.9 Å². The molecule has 0 saturated heterocycles. The van der Waals surface area contributed by atoms with Crippen LogP contribution >= 0.6 is 11.6 Å². The van der Waals surface area contributed by atoms with Gasteiger partial charge in [0.2, 0.25) is 0 Å². The fraction of sp³-hybridized carbons (Fsp3) is 0.500. The SMILES string of the molecule is CC(C)(C)c1ccc(OC(=O)CCCCl)cc1. The molecule has 0 radical (unpaired) electrons. The smallest absolute Gasteiger partial charge is 0.311 e. The molecule has 1 rings (SSSR count). The zero-order chi connectivity index (χ0) is 12.9. The van der Waals surface area contributed by atoms with Crippen LogP contribution in [0.3, 0.4) is 0 Å². The lowest BCUT2D eigenvalue weighted by molar-refractivity contribution is -0.134. The van der Waals surface area contributed by atoms with E-state index in [0.717, 1.165) is 0 Å². The van der Waals surface area contributed by atoms with Gasteiger partial charge in [0.25, 0.3) is 0 Å². The number of hydrogen-bond donors (Lipinski definition) is 0. The number of alkyl halides is 1. The number of benzene rings is 1. The van der Waals surface area contributed by atoms with E-state index in [0.29, 0.717) is 24.5 Å². The summed E-state index contributed by atoms with van der Waals surface area (Å²) in [5, 5.41) is 0. The van der Waals surface area contributed by atoms with Gasteiger partial charge in [-0.3, -0.25) is 4.79 Å². The largest absolute Gasteiger partial charge is 0.427 e. The highest BCUT2D eigenvalue weighted by molar-refractivity contribution is 6.17. The molecule has 2 nitrogen and oxygen atoms in total. The molecule has 0 aromatic heterocycles. The Bertz CT molecular complexity index is 363. The van der Waals surface area contributed by atoms with E-state index in [1.165, 1.54) is 5.56 Å². The fourth-order valence-corrected chi connectivity index (χ4v) is 1.55. The molecule has 94 valence electrons. The summed E-state index contributed by atoms with van der Waals surface area (Å²) >= 11 is 5.51.